The van der Waals surface area contributed by atoms with E-state index in [0.717, 1.165) is 5.56 Å². The highest BCUT2D eigenvalue weighted by molar-refractivity contribution is 7.89. The third-order valence-electron chi connectivity index (χ3n) is 2.90. The lowest BCUT2D eigenvalue weighted by molar-refractivity contribution is 0.397. The largest absolute Gasteiger partial charge is 0.481 e. The van der Waals surface area contributed by atoms with Gasteiger partial charge in [0.15, 0.2) is 0 Å². The van der Waals surface area contributed by atoms with Crippen LogP contribution in [0.2, 0.25) is 0 Å². The molecule has 2 aromatic rings. The van der Waals surface area contributed by atoms with Crippen molar-refractivity contribution in [1.29, 1.82) is 0 Å². The van der Waals surface area contributed by atoms with Gasteiger partial charge in [0.05, 0.1) is 18.5 Å². The predicted molar refractivity (Wildman–Crippen MR) is 76.0 cm³/mol. The summed E-state index contributed by atoms with van der Waals surface area (Å²) in [6.07, 6.45) is 1.55. The molecule has 2 aromatic heterocycles. The summed E-state index contributed by atoms with van der Waals surface area (Å²) >= 11 is 0. The van der Waals surface area contributed by atoms with Gasteiger partial charge in [0, 0.05) is 25.4 Å². The van der Waals surface area contributed by atoms with Crippen LogP contribution in [-0.4, -0.2) is 30.7 Å². The van der Waals surface area contributed by atoms with Crippen LogP contribution in [0.4, 0.5) is 0 Å². The number of pyridine rings is 1. The van der Waals surface area contributed by atoms with E-state index in [0.29, 0.717) is 17.3 Å². The van der Waals surface area contributed by atoms with E-state index < -0.39 is 10.0 Å². The predicted octanol–water partition coefficient (Wildman–Crippen LogP) is 0.0589. The van der Waals surface area contributed by atoms with E-state index in [9.17, 15) is 8.42 Å². The number of aromatic nitrogens is 3. The van der Waals surface area contributed by atoms with Crippen LogP contribution in [0.25, 0.3) is 0 Å². The first-order valence-corrected chi connectivity index (χ1v) is 7.68. The Morgan fingerprint density at radius 1 is 1.48 bits per heavy atom. The number of aryl methyl sites for hydroxylation is 1. The molecule has 0 aliphatic heterocycles. The lowest BCUT2D eigenvalue weighted by Crippen LogP contribution is -2.25. The number of nitrogens with one attached hydrogen (secondary N) is 2. The van der Waals surface area contributed by atoms with Crippen molar-refractivity contribution in [3.63, 3.8) is 0 Å². The van der Waals surface area contributed by atoms with Crippen LogP contribution in [0.3, 0.4) is 0 Å². The van der Waals surface area contributed by atoms with Crippen molar-refractivity contribution in [1.82, 2.24) is 19.9 Å². The molecule has 0 radical (unpaired) electrons. The molecule has 114 valence electrons. The Morgan fingerprint density at radius 3 is 2.90 bits per heavy atom. The highest BCUT2D eigenvalue weighted by Gasteiger charge is 2.23. The van der Waals surface area contributed by atoms with E-state index in [1.54, 1.807) is 25.3 Å². The summed E-state index contributed by atoms with van der Waals surface area (Å²) < 4.78 is 32.2. The zero-order valence-electron chi connectivity index (χ0n) is 11.8. The second kappa shape index (κ2) is 6.20. The van der Waals surface area contributed by atoms with Crippen LogP contribution < -0.4 is 15.2 Å². The van der Waals surface area contributed by atoms with Gasteiger partial charge in [-0.15, -0.1) is 0 Å². The average Bonchev–Trinajstić information content (AvgIpc) is 2.87. The highest BCUT2D eigenvalue weighted by Crippen LogP contribution is 2.17. The minimum atomic E-state index is -3.69. The lowest BCUT2D eigenvalue weighted by Gasteiger charge is -2.08. The quantitative estimate of drug-likeness (QED) is 0.693. The molecule has 0 amide bonds. The van der Waals surface area contributed by atoms with E-state index in [4.69, 9.17) is 10.5 Å². The fourth-order valence-electron chi connectivity index (χ4n) is 1.89. The molecule has 0 aliphatic rings. The molecule has 8 nitrogen and oxygen atoms in total. The number of ether oxygens (including phenoxy) is 1. The third-order valence-corrected chi connectivity index (χ3v) is 4.50. The Bertz CT molecular complexity index is 726. The van der Waals surface area contributed by atoms with Crippen LogP contribution in [-0.2, 0) is 23.1 Å². The van der Waals surface area contributed by atoms with Crippen LogP contribution >= 0.6 is 0 Å². The summed E-state index contributed by atoms with van der Waals surface area (Å²) in [6.45, 7) is 1.80. The first-order valence-electron chi connectivity index (χ1n) is 6.20. The van der Waals surface area contributed by atoms with Crippen molar-refractivity contribution in [2.45, 2.75) is 24.9 Å². The number of methoxy groups -OCH3 is 1. The lowest BCUT2D eigenvalue weighted by atomic mass is 10.3. The van der Waals surface area contributed by atoms with Gasteiger partial charge < -0.3 is 10.5 Å². The van der Waals surface area contributed by atoms with Gasteiger partial charge in [0.1, 0.15) is 4.90 Å². The van der Waals surface area contributed by atoms with Crippen LogP contribution in [0.15, 0.2) is 23.2 Å². The Labute approximate surface area is 122 Å². The first kappa shape index (κ1) is 15.4. The average molecular weight is 311 g/mol. The number of nitrogens with two attached hydrogens (primary N) is 1. The maximum Gasteiger partial charge on any atom is 0.244 e. The van der Waals surface area contributed by atoms with E-state index in [1.165, 1.54) is 7.11 Å². The first-order chi connectivity index (χ1) is 9.97. The van der Waals surface area contributed by atoms with E-state index in [2.05, 4.69) is 19.9 Å². The molecule has 0 bridgehead atoms. The summed E-state index contributed by atoms with van der Waals surface area (Å²) in [5.41, 5.74) is 7.01. The summed E-state index contributed by atoms with van der Waals surface area (Å²) in [7, 11) is -2.19. The fourth-order valence-corrected chi connectivity index (χ4v) is 3.28. The molecular weight excluding hydrogens is 294 g/mol. The van der Waals surface area contributed by atoms with Gasteiger partial charge in [-0.2, -0.15) is 5.10 Å². The zero-order chi connectivity index (χ0) is 15.5. The summed E-state index contributed by atoms with van der Waals surface area (Å²) in [6, 6.07) is 3.37. The molecule has 0 aliphatic carbocycles. The van der Waals surface area contributed by atoms with Crippen molar-refractivity contribution in [2.75, 3.05) is 7.11 Å². The molecule has 0 saturated carbocycles. The van der Waals surface area contributed by atoms with E-state index in [-0.39, 0.29) is 18.0 Å². The van der Waals surface area contributed by atoms with Gasteiger partial charge in [-0.1, -0.05) is 0 Å². The Hall–Kier alpha value is -1.97. The summed E-state index contributed by atoms with van der Waals surface area (Å²) in [5, 5.41) is 6.52. The molecular formula is C12H17N5O3S. The van der Waals surface area contributed by atoms with Crippen LogP contribution in [0, 0.1) is 6.92 Å². The number of sulfonamides is 1. The fraction of sp³-hybridized carbons (Fsp3) is 0.333. The number of aromatic amines is 1. The van der Waals surface area contributed by atoms with Crippen LogP contribution in [0.5, 0.6) is 5.88 Å². The normalized spacial score (nSPS) is 11.6. The second-order valence-electron chi connectivity index (χ2n) is 4.36. The minimum absolute atomic E-state index is 0.0453. The Morgan fingerprint density at radius 2 is 2.24 bits per heavy atom. The smallest absolute Gasteiger partial charge is 0.244 e. The van der Waals surface area contributed by atoms with Gasteiger partial charge in [-0.25, -0.2) is 18.1 Å². The molecule has 0 atom stereocenters. The van der Waals surface area contributed by atoms with Crippen molar-refractivity contribution in [3.8, 4) is 5.88 Å². The molecule has 21 heavy (non-hydrogen) atoms. The number of hydrogen-bond donors (Lipinski definition) is 3. The van der Waals surface area contributed by atoms with E-state index >= 15 is 0 Å². The molecule has 2 heterocycles. The number of nitrogens with zero attached hydrogens (tertiary/aromatic N) is 2. The number of rotatable bonds is 6. The summed E-state index contributed by atoms with van der Waals surface area (Å²) in [5.74, 6) is 0.425. The van der Waals surface area contributed by atoms with Gasteiger partial charge in [0.25, 0.3) is 0 Å². The van der Waals surface area contributed by atoms with Gasteiger partial charge >= 0.3 is 0 Å². The van der Waals surface area contributed by atoms with Gasteiger partial charge in [-0.05, 0) is 18.6 Å². The molecule has 0 aromatic carbocycles. The highest BCUT2D eigenvalue weighted by atomic mass is 32.2. The Balaban J connectivity index is 2.19. The standard InChI is InChI=1S/C12H17N5O3S/c1-8-12(10(6-13)17-16-8)21(18,19)15-7-9-3-4-14-11(5-9)20-2/h3-5,15H,6-7,13H2,1-2H3,(H,16,17). The van der Waals surface area contributed by atoms with Crippen molar-refractivity contribution >= 4 is 10.0 Å². The molecule has 0 saturated heterocycles. The zero-order valence-corrected chi connectivity index (χ0v) is 12.6. The van der Waals surface area contributed by atoms with Gasteiger partial charge in [0.2, 0.25) is 15.9 Å². The number of hydrogen-bond acceptors (Lipinski definition) is 6. The molecule has 0 fully saturated rings. The minimum Gasteiger partial charge on any atom is -0.481 e. The van der Waals surface area contributed by atoms with Crippen molar-refractivity contribution in [3.05, 3.63) is 35.3 Å². The molecule has 2 rings (SSSR count). The molecule has 0 spiro atoms. The maximum absolute atomic E-state index is 12.3. The summed E-state index contributed by atoms with van der Waals surface area (Å²) in [4.78, 5) is 4.07. The van der Waals surface area contributed by atoms with Crippen molar-refractivity contribution < 1.29 is 13.2 Å². The number of H-pyrrole nitrogens is 1. The van der Waals surface area contributed by atoms with Gasteiger partial charge in [-0.3, -0.25) is 5.10 Å². The van der Waals surface area contributed by atoms with E-state index in [1.807, 2.05) is 0 Å². The molecule has 9 heteroatoms. The third kappa shape index (κ3) is 3.38. The molecule has 4 N–H and O–H groups in total. The monoisotopic (exact) mass is 311 g/mol. The maximum atomic E-state index is 12.3. The van der Waals surface area contributed by atoms with Crippen LogP contribution in [0.1, 0.15) is 17.0 Å². The van der Waals surface area contributed by atoms with Crippen molar-refractivity contribution in [2.24, 2.45) is 5.73 Å². The second-order valence-corrected chi connectivity index (χ2v) is 6.06. The Kier molecular flexibility index (Phi) is 4.56. The topological polar surface area (TPSA) is 123 Å². The molecule has 0 unspecified atom stereocenters. The SMILES string of the molecule is COc1cc(CNS(=O)(=O)c2c(CN)n[nH]c2C)ccn1.